The topological polar surface area (TPSA) is 20.2 Å². The number of rotatable bonds is 3. The molecule has 0 aromatic carbocycles. The Bertz CT molecular complexity index is 143. The minimum atomic E-state index is 0.446. The molecule has 0 aliphatic carbocycles. The highest BCUT2D eigenvalue weighted by Gasteiger charge is 1.86. The second-order valence-electron chi connectivity index (χ2n) is 2.16. The molecule has 0 saturated heterocycles. The summed E-state index contributed by atoms with van der Waals surface area (Å²) in [5.74, 6) is 0.446. The van der Waals surface area contributed by atoms with Gasteiger partial charge in [0.15, 0.2) is 0 Å². The zero-order chi connectivity index (χ0) is 7.98. The van der Waals surface area contributed by atoms with Gasteiger partial charge in [-0.15, -0.1) is 0 Å². The molecular formula is C8H13BrO. The van der Waals surface area contributed by atoms with Crippen molar-refractivity contribution in [3.63, 3.8) is 0 Å². The molecule has 58 valence electrons. The zero-order valence-corrected chi connectivity index (χ0v) is 7.98. The molecule has 0 bridgehead atoms. The van der Waals surface area contributed by atoms with Gasteiger partial charge in [0.25, 0.3) is 0 Å². The van der Waals surface area contributed by atoms with Gasteiger partial charge in [0.05, 0.1) is 5.76 Å². The molecule has 1 N–H and O–H groups in total. The quantitative estimate of drug-likeness (QED) is 0.552. The van der Waals surface area contributed by atoms with Crippen LogP contribution in [0.15, 0.2) is 22.4 Å². The lowest BCUT2D eigenvalue weighted by Crippen LogP contribution is -1.77. The highest BCUT2D eigenvalue weighted by Crippen LogP contribution is 2.05. The van der Waals surface area contributed by atoms with E-state index in [0.29, 0.717) is 5.76 Å². The highest BCUT2D eigenvalue weighted by atomic mass is 79.9. The largest absolute Gasteiger partial charge is 0.512 e. The Morgan fingerprint density at radius 3 is 2.50 bits per heavy atom. The van der Waals surface area contributed by atoms with Crippen LogP contribution in [0.25, 0.3) is 0 Å². The van der Waals surface area contributed by atoms with E-state index in [0.717, 1.165) is 17.3 Å². The van der Waals surface area contributed by atoms with E-state index in [4.69, 9.17) is 5.11 Å². The number of aliphatic hydroxyl groups is 1. The molecule has 1 nitrogen and oxygen atoms in total. The fourth-order valence-electron chi connectivity index (χ4n) is 0.550. The Hall–Kier alpha value is -0.240. The van der Waals surface area contributed by atoms with Gasteiger partial charge in [-0.05, 0) is 30.0 Å². The predicted molar refractivity (Wildman–Crippen MR) is 48.3 cm³/mol. The predicted octanol–water partition coefficient (Wildman–Crippen LogP) is 3.53. The van der Waals surface area contributed by atoms with Crippen LogP contribution in [0.4, 0.5) is 0 Å². The first-order chi connectivity index (χ1) is 4.66. The molecule has 0 rings (SSSR count). The van der Waals surface area contributed by atoms with Crippen LogP contribution in [-0.2, 0) is 0 Å². The molecule has 0 heterocycles. The summed E-state index contributed by atoms with van der Waals surface area (Å²) in [7, 11) is 0. The Morgan fingerprint density at radius 1 is 1.50 bits per heavy atom. The fourth-order valence-corrected chi connectivity index (χ4v) is 0.683. The third kappa shape index (κ3) is 5.89. The van der Waals surface area contributed by atoms with Crippen molar-refractivity contribution in [2.24, 2.45) is 0 Å². The van der Waals surface area contributed by atoms with Crippen molar-refractivity contribution in [1.29, 1.82) is 0 Å². The smallest absolute Gasteiger partial charge is 0.0922 e. The van der Waals surface area contributed by atoms with Crippen molar-refractivity contribution < 1.29 is 5.11 Å². The van der Waals surface area contributed by atoms with E-state index in [1.807, 2.05) is 19.9 Å². The molecule has 0 unspecified atom stereocenters. The van der Waals surface area contributed by atoms with E-state index in [-0.39, 0.29) is 0 Å². The minimum absolute atomic E-state index is 0.446. The van der Waals surface area contributed by atoms with Crippen LogP contribution in [0.2, 0.25) is 0 Å². The maximum atomic E-state index is 9.09. The first-order valence-electron chi connectivity index (χ1n) is 3.38. The Kier molecular flexibility index (Phi) is 5.40. The van der Waals surface area contributed by atoms with E-state index in [1.165, 1.54) is 0 Å². The van der Waals surface area contributed by atoms with Gasteiger partial charge < -0.3 is 5.11 Å². The third-order valence-electron chi connectivity index (χ3n) is 1.01. The van der Waals surface area contributed by atoms with Crippen molar-refractivity contribution in [2.75, 3.05) is 0 Å². The summed E-state index contributed by atoms with van der Waals surface area (Å²) < 4.78 is 1.02. The van der Waals surface area contributed by atoms with Crippen molar-refractivity contribution in [3.05, 3.63) is 22.4 Å². The van der Waals surface area contributed by atoms with Crippen molar-refractivity contribution >= 4 is 15.9 Å². The molecular weight excluding hydrogens is 192 g/mol. The number of aliphatic hydroxyl groups excluding tert-OH is 1. The van der Waals surface area contributed by atoms with Crippen molar-refractivity contribution in [2.45, 2.75) is 26.7 Å². The summed E-state index contributed by atoms with van der Waals surface area (Å²) in [5, 5.41) is 9.09. The number of hydrogen-bond donors (Lipinski definition) is 1. The van der Waals surface area contributed by atoms with Gasteiger partial charge in [0.2, 0.25) is 0 Å². The molecule has 0 saturated carbocycles. The van der Waals surface area contributed by atoms with Crippen LogP contribution in [-0.4, -0.2) is 5.11 Å². The highest BCUT2D eigenvalue weighted by molar-refractivity contribution is 9.11. The molecule has 0 radical (unpaired) electrons. The van der Waals surface area contributed by atoms with Gasteiger partial charge in [0, 0.05) is 6.42 Å². The third-order valence-corrected chi connectivity index (χ3v) is 1.28. The van der Waals surface area contributed by atoms with E-state index in [1.54, 1.807) is 6.08 Å². The maximum Gasteiger partial charge on any atom is 0.0922 e. The van der Waals surface area contributed by atoms with Crippen LogP contribution in [0.1, 0.15) is 26.7 Å². The molecule has 0 aromatic heterocycles. The van der Waals surface area contributed by atoms with E-state index >= 15 is 0 Å². The van der Waals surface area contributed by atoms with Gasteiger partial charge in [-0.2, -0.15) is 0 Å². The molecule has 0 aliphatic heterocycles. The van der Waals surface area contributed by atoms with Gasteiger partial charge in [-0.3, -0.25) is 0 Å². The summed E-state index contributed by atoms with van der Waals surface area (Å²) in [4.78, 5) is 0. The van der Waals surface area contributed by atoms with E-state index < -0.39 is 0 Å². The average molecular weight is 205 g/mol. The standard InChI is InChI=1S/C8H13BrO/c1-3-4-8(10)6-5-7(2)9/h5-6,10H,3-4H2,1-2H3/b7-5+,8-6-. The van der Waals surface area contributed by atoms with Gasteiger partial charge in [-0.25, -0.2) is 0 Å². The second kappa shape index (κ2) is 5.54. The molecule has 0 fully saturated rings. The number of allylic oxidation sites excluding steroid dienone is 4. The Morgan fingerprint density at radius 2 is 2.10 bits per heavy atom. The molecule has 0 amide bonds. The normalized spacial score (nSPS) is 13.9. The lowest BCUT2D eigenvalue weighted by molar-refractivity contribution is 0.387. The molecule has 0 aliphatic rings. The molecule has 0 atom stereocenters. The second-order valence-corrected chi connectivity index (χ2v) is 3.41. The van der Waals surface area contributed by atoms with Crippen molar-refractivity contribution in [1.82, 2.24) is 0 Å². The summed E-state index contributed by atoms with van der Waals surface area (Å²) in [6, 6.07) is 0. The molecule has 10 heavy (non-hydrogen) atoms. The Balaban J connectivity index is 3.79. The van der Waals surface area contributed by atoms with Crippen LogP contribution < -0.4 is 0 Å². The number of hydrogen-bond acceptors (Lipinski definition) is 1. The van der Waals surface area contributed by atoms with E-state index in [2.05, 4.69) is 15.9 Å². The summed E-state index contributed by atoms with van der Waals surface area (Å²) >= 11 is 3.26. The molecule has 0 aromatic rings. The molecule has 2 heteroatoms. The SMILES string of the molecule is CCC/C(O)=C/C=C(\C)Br. The average Bonchev–Trinajstić information content (AvgIpc) is 1.85. The Labute approximate surface area is 70.6 Å². The van der Waals surface area contributed by atoms with Crippen molar-refractivity contribution in [3.8, 4) is 0 Å². The lowest BCUT2D eigenvalue weighted by atomic mass is 10.3. The lowest BCUT2D eigenvalue weighted by Gasteiger charge is -1.92. The zero-order valence-electron chi connectivity index (χ0n) is 6.39. The summed E-state index contributed by atoms with van der Waals surface area (Å²) in [6.45, 7) is 3.96. The summed E-state index contributed by atoms with van der Waals surface area (Å²) in [5.41, 5.74) is 0. The number of halogens is 1. The molecule has 0 spiro atoms. The van der Waals surface area contributed by atoms with Gasteiger partial charge in [0.1, 0.15) is 0 Å². The monoisotopic (exact) mass is 204 g/mol. The van der Waals surface area contributed by atoms with Crippen LogP contribution in [0.5, 0.6) is 0 Å². The fraction of sp³-hybridized carbons (Fsp3) is 0.500. The van der Waals surface area contributed by atoms with E-state index in [9.17, 15) is 0 Å². The van der Waals surface area contributed by atoms with Crippen LogP contribution >= 0.6 is 15.9 Å². The van der Waals surface area contributed by atoms with Gasteiger partial charge in [-0.1, -0.05) is 22.9 Å². The first kappa shape index (κ1) is 9.76. The first-order valence-corrected chi connectivity index (χ1v) is 4.18. The minimum Gasteiger partial charge on any atom is -0.512 e. The van der Waals surface area contributed by atoms with Gasteiger partial charge >= 0.3 is 0 Å². The maximum absolute atomic E-state index is 9.09. The summed E-state index contributed by atoms with van der Waals surface area (Å²) in [6.07, 6.45) is 5.30. The van der Waals surface area contributed by atoms with Crippen LogP contribution in [0, 0.1) is 0 Å². The van der Waals surface area contributed by atoms with Crippen LogP contribution in [0.3, 0.4) is 0 Å².